The van der Waals surface area contributed by atoms with Crippen LogP contribution in [0.4, 0.5) is 5.69 Å². The average molecular weight is 408 g/mol. The highest BCUT2D eigenvalue weighted by molar-refractivity contribution is 6.04. The number of aryl methyl sites for hydroxylation is 2. The Balaban J connectivity index is 1.62. The largest absolute Gasteiger partial charge is 0.354 e. The molecule has 0 saturated carbocycles. The van der Waals surface area contributed by atoms with Crippen LogP contribution in [0.5, 0.6) is 0 Å². The van der Waals surface area contributed by atoms with E-state index in [-0.39, 0.29) is 29.6 Å². The molecule has 1 aromatic heterocycles. The number of amides is 2. The van der Waals surface area contributed by atoms with Crippen LogP contribution in [-0.2, 0) is 11.3 Å². The van der Waals surface area contributed by atoms with Gasteiger partial charge in [-0.1, -0.05) is 29.3 Å². The van der Waals surface area contributed by atoms with Crippen LogP contribution in [0.2, 0.25) is 0 Å². The molecule has 6 nitrogen and oxygen atoms in total. The molecule has 2 N–H and O–H groups in total. The van der Waals surface area contributed by atoms with E-state index in [4.69, 9.17) is 0 Å². The van der Waals surface area contributed by atoms with Crippen LogP contribution in [0, 0.1) is 13.8 Å². The van der Waals surface area contributed by atoms with E-state index in [2.05, 4.69) is 16.7 Å². The SMILES string of the molecule is Cc1ccc(C(=O)Nc2ccc(C)n(CC(=O)NCCC3=CCCCC3)c2=O)cc1. The van der Waals surface area contributed by atoms with Gasteiger partial charge in [0.05, 0.1) is 0 Å². The molecule has 0 spiro atoms. The van der Waals surface area contributed by atoms with Gasteiger partial charge >= 0.3 is 0 Å². The van der Waals surface area contributed by atoms with Crippen LogP contribution in [-0.4, -0.2) is 22.9 Å². The van der Waals surface area contributed by atoms with Crippen molar-refractivity contribution in [2.75, 3.05) is 11.9 Å². The fourth-order valence-corrected chi connectivity index (χ4v) is 3.56. The number of rotatable bonds is 7. The smallest absolute Gasteiger partial charge is 0.274 e. The van der Waals surface area contributed by atoms with Crippen molar-refractivity contribution in [2.24, 2.45) is 0 Å². The van der Waals surface area contributed by atoms with Gasteiger partial charge in [-0.05, 0) is 70.2 Å². The summed E-state index contributed by atoms with van der Waals surface area (Å²) in [6, 6.07) is 10.4. The first-order valence-electron chi connectivity index (χ1n) is 10.5. The summed E-state index contributed by atoms with van der Waals surface area (Å²) in [6.07, 6.45) is 7.82. The Hall–Kier alpha value is -3.15. The number of hydrogen-bond acceptors (Lipinski definition) is 3. The van der Waals surface area contributed by atoms with Crippen LogP contribution in [0.15, 0.2) is 52.8 Å². The van der Waals surface area contributed by atoms with Gasteiger partial charge in [0.15, 0.2) is 0 Å². The Labute approximate surface area is 177 Å². The highest BCUT2D eigenvalue weighted by atomic mass is 16.2. The number of aromatic nitrogens is 1. The number of benzene rings is 1. The molecular formula is C24H29N3O3. The molecule has 0 fully saturated rings. The van der Waals surface area contributed by atoms with E-state index in [9.17, 15) is 14.4 Å². The summed E-state index contributed by atoms with van der Waals surface area (Å²) in [4.78, 5) is 37.6. The monoisotopic (exact) mass is 407 g/mol. The summed E-state index contributed by atoms with van der Waals surface area (Å²) < 4.78 is 1.39. The molecule has 2 aromatic rings. The van der Waals surface area contributed by atoms with Crippen LogP contribution >= 0.6 is 0 Å². The molecule has 0 bridgehead atoms. The molecule has 0 aliphatic heterocycles. The molecule has 2 amide bonds. The molecule has 3 rings (SSSR count). The summed E-state index contributed by atoms with van der Waals surface area (Å²) in [5.41, 5.74) is 3.36. The van der Waals surface area contributed by atoms with E-state index in [0.29, 0.717) is 17.8 Å². The molecule has 1 aliphatic rings. The first-order valence-corrected chi connectivity index (χ1v) is 10.5. The standard InChI is InChI=1S/C24H29N3O3/c1-17-8-11-20(12-9-17)23(29)26-21-13-10-18(2)27(24(21)30)16-22(28)25-15-14-19-6-4-3-5-7-19/h6,8-13H,3-5,7,14-16H2,1-2H3,(H,25,28)(H,26,29). The van der Waals surface area contributed by atoms with Gasteiger partial charge in [-0.15, -0.1) is 0 Å². The van der Waals surface area contributed by atoms with Gasteiger partial charge in [-0.2, -0.15) is 0 Å². The molecule has 1 aromatic carbocycles. The Morgan fingerprint density at radius 1 is 1.03 bits per heavy atom. The lowest BCUT2D eigenvalue weighted by molar-refractivity contribution is -0.121. The maximum Gasteiger partial charge on any atom is 0.274 e. The summed E-state index contributed by atoms with van der Waals surface area (Å²) in [6.45, 7) is 4.21. The normalized spacial score (nSPS) is 13.5. The zero-order valence-electron chi connectivity index (χ0n) is 17.7. The Morgan fingerprint density at radius 2 is 1.80 bits per heavy atom. The number of nitrogens with zero attached hydrogens (tertiary/aromatic N) is 1. The van der Waals surface area contributed by atoms with Gasteiger partial charge in [0, 0.05) is 17.8 Å². The molecule has 0 atom stereocenters. The molecule has 0 saturated heterocycles. The lowest BCUT2D eigenvalue weighted by Crippen LogP contribution is -2.35. The highest BCUT2D eigenvalue weighted by Crippen LogP contribution is 2.19. The molecule has 158 valence electrons. The number of carbonyl (C=O) groups excluding carboxylic acids is 2. The van der Waals surface area contributed by atoms with Crippen molar-refractivity contribution in [3.63, 3.8) is 0 Å². The van der Waals surface area contributed by atoms with E-state index < -0.39 is 0 Å². The van der Waals surface area contributed by atoms with Gasteiger partial charge in [0.2, 0.25) is 5.91 Å². The maximum atomic E-state index is 12.8. The minimum atomic E-state index is -0.388. The second-order valence-corrected chi connectivity index (χ2v) is 7.81. The lowest BCUT2D eigenvalue weighted by Gasteiger charge is -2.14. The molecule has 6 heteroatoms. The van der Waals surface area contributed by atoms with Crippen LogP contribution in [0.1, 0.15) is 53.7 Å². The van der Waals surface area contributed by atoms with Gasteiger partial charge < -0.3 is 15.2 Å². The number of nitrogens with one attached hydrogen (secondary N) is 2. The number of hydrogen-bond donors (Lipinski definition) is 2. The van der Waals surface area contributed by atoms with Crippen molar-refractivity contribution in [2.45, 2.75) is 52.5 Å². The second kappa shape index (κ2) is 10.1. The second-order valence-electron chi connectivity index (χ2n) is 7.81. The zero-order valence-corrected chi connectivity index (χ0v) is 17.7. The van der Waals surface area contributed by atoms with Crippen molar-refractivity contribution in [1.82, 2.24) is 9.88 Å². The average Bonchev–Trinajstić information content (AvgIpc) is 2.74. The number of carbonyl (C=O) groups is 2. The molecule has 0 unspecified atom stereocenters. The van der Waals surface area contributed by atoms with Crippen molar-refractivity contribution in [3.05, 3.63) is 75.2 Å². The predicted molar refractivity (Wildman–Crippen MR) is 119 cm³/mol. The van der Waals surface area contributed by atoms with Crippen LogP contribution in [0.3, 0.4) is 0 Å². The Bertz CT molecular complexity index is 1000. The third-order valence-electron chi connectivity index (χ3n) is 5.41. The number of pyridine rings is 1. The van der Waals surface area contributed by atoms with Gasteiger partial charge in [-0.3, -0.25) is 14.4 Å². The predicted octanol–water partition coefficient (Wildman–Crippen LogP) is 3.72. The van der Waals surface area contributed by atoms with Gasteiger partial charge in [0.1, 0.15) is 12.2 Å². The minimum absolute atomic E-state index is 0.0715. The van der Waals surface area contributed by atoms with Crippen LogP contribution in [0.25, 0.3) is 0 Å². The third kappa shape index (κ3) is 5.69. The lowest BCUT2D eigenvalue weighted by atomic mass is 9.97. The van der Waals surface area contributed by atoms with Crippen molar-refractivity contribution in [1.29, 1.82) is 0 Å². The van der Waals surface area contributed by atoms with Crippen LogP contribution < -0.4 is 16.2 Å². The molecule has 30 heavy (non-hydrogen) atoms. The fraction of sp³-hybridized carbons (Fsp3) is 0.375. The first-order chi connectivity index (χ1) is 14.4. The van der Waals surface area contributed by atoms with Crippen molar-refractivity contribution >= 4 is 17.5 Å². The summed E-state index contributed by atoms with van der Waals surface area (Å²) in [5, 5.41) is 5.56. The molecular weight excluding hydrogens is 378 g/mol. The topological polar surface area (TPSA) is 80.2 Å². The summed E-state index contributed by atoms with van der Waals surface area (Å²) in [7, 11) is 0. The quantitative estimate of drug-likeness (QED) is 0.687. The fourth-order valence-electron chi connectivity index (χ4n) is 3.56. The van der Waals surface area contributed by atoms with E-state index in [1.165, 1.54) is 23.0 Å². The van der Waals surface area contributed by atoms with E-state index in [0.717, 1.165) is 24.8 Å². The Kier molecular flexibility index (Phi) is 7.22. The number of allylic oxidation sites excluding steroid dienone is 1. The summed E-state index contributed by atoms with van der Waals surface area (Å²) in [5.74, 6) is -0.564. The van der Waals surface area contributed by atoms with Gasteiger partial charge in [-0.25, -0.2) is 0 Å². The van der Waals surface area contributed by atoms with Crippen molar-refractivity contribution in [3.8, 4) is 0 Å². The Morgan fingerprint density at radius 3 is 2.50 bits per heavy atom. The van der Waals surface area contributed by atoms with E-state index >= 15 is 0 Å². The maximum absolute atomic E-state index is 12.8. The van der Waals surface area contributed by atoms with Gasteiger partial charge in [0.25, 0.3) is 11.5 Å². The zero-order chi connectivity index (χ0) is 21.5. The van der Waals surface area contributed by atoms with E-state index in [1.807, 2.05) is 19.1 Å². The third-order valence-corrected chi connectivity index (χ3v) is 5.41. The number of anilines is 1. The molecule has 1 aliphatic carbocycles. The first kappa shape index (κ1) is 21.6. The minimum Gasteiger partial charge on any atom is -0.354 e. The summed E-state index contributed by atoms with van der Waals surface area (Å²) >= 11 is 0. The highest BCUT2D eigenvalue weighted by Gasteiger charge is 2.13. The van der Waals surface area contributed by atoms with E-state index in [1.54, 1.807) is 31.2 Å². The molecule has 0 radical (unpaired) electrons. The van der Waals surface area contributed by atoms with Crippen molar-refractivity contribution < 1.29 is 9.59 Å². The molecule has 1 heterocycles.